The number of nitrogens with one attached hydrogen (secondary N) is 1. The number of aromatic amines is 1. The molecule has 0 spiro atoms. The number of benzene rings is 2. The van der Waals surface area contributed by atoms with Gasteiger partial charge in [-0.05, 0) is 49.9 Å². The summed E-state index contributed by atoms with van der Waals surface area (Å²) in [6.45, 7) is 0. The maximum absolute atomic E-state index is 11.4. The third-order valence-corrected chi connectivity index (χ3v) is 7.74. The molecule has 4 N–H and O–H groups in total. The van der Waals surface area contributed by atoms with Crippen LogP contribution in [0.25, 0.3) is 38.9 Å². The average Bonchev–Trinajstić information content (AvgIpc) is 3.50. The number of nitrogens with two attached hydrogens (primary N) is 1. The number of aliphatic carboxylic acids is 1. The highest BCUT2D eigenvalue weighted by molar-refractivity contribution is 6.35. The second-order valence-electron chi connectivity index (χ2n) is 9.35. The largest absolute Gasteiger partial charge is 0.481 e. The Bertz CT molecular complexity index is 1630. The van der Waals surface area contributed by atoms with E-state index in [0.717, 1.165) is 51.9 Å². The Labute approximate surface area is 216 Å². The number of nitrogens with zero attached hydrogens (tertiary/aromatic N) is 3. The van der Waals surface area contributed by atoms with E-state index in [9.17, 15) is 9.90 Å². The van der Waals surface area contributed by atoms with Crippen LogP contribution in [0.5, 0.6) is 0 Å². The van der Waals surface area contributed by atoms with Gasteiger partial charge in [-0.3, -0.25) is 9.20 Å². The van der Waals surface area contributed by atoms with Gasteiger partial charge in [-0.25, -0.2) is 9.97 Å². The minimum atomic E-state index is -0.714. The number of imidazole rings is 1. The van der Waals surface area contributed by atoms with Gasteiger partial charge in [-0.1, -0.05) is 41.4 Å². The number of anilines is 1. The third-order valence-electron chi connectivity index (χ3n) is 7.17. The van der Waals surface area contributed by atoms with Crippen LogP contribution in [0.4, 0.5) is 5.82 Å². The van der Waals surface area contributed by atoms with E-state index < -0.39 is 5.97 Å². The molecule has 3 aromatic heterocycles. The molecule has 2 aromatic carbocycles. The molecule has 1 aliphatic rings. The van der Waals surface area contributed by atoms with Crippen LogP contribution in [-0.2, 0) is 4.79 Å². The number of aromatic nitrogens is 4. The molecule has 0 radical (unpaired) electrons. The molecule has 9 heteroatoms. The van der Waals surface area contributed by atoms with Gasteiger partial charge in [-0.15, -0.1) is 0 Å². The molecule has 0 saturated heterocycles. The number of para-hydroxylation sites is 1. The summed E-state index contributed by atoms with van der Waals surface area (Å²) in [4.78, 5) is 24.2. The van der Waals surface area contributed by atoms with Crippen LogP contribution in [-0.4, -0.2) is 30.4 Å². The van der Waals surface area contributed by atoms with Crippen LogP contribution in [0.2, 0.25) is 10.0 Å². The van der Waals surface area contributed by atoms with Gasteiger partial charge in [0.05, 0.1) is 23.3 Å². The predicted molar refractivity (Wildman–Crippen MR) is 142 cm³/mol. The predicted octanol–water partition coefficient (Wildman–Crippen LogP) is 6.79. The van der Waals surface area contributed by atoms with Crippen molar-refractivity contribution in [3.8, 4) is 22.5 Å². The van der Waals surface area contributed by atoms with Crippen molar-refractivity contribution in [2.24, 2.45) is 5.92 Å². The first kappa shape index (κ1) is 22.9. The summed E-state index contributed by atoms with van der Waals surface area (Å²) in [5.74, 6) is 0.476. The molecule has 6 rings (SSSR count). The highest BCUT2D eigenvalue weighted by Gasteiger charge is 2.29. The van der Waals surface area contributed by atoms with Gasteiger partial charge in [-0.2, -0.15) is 0 Å². The van der Waals surface area contributed by atoms with Gasteiger partial charge in [0.2, 0.25) is 0 Å². The van der Waals surface area contributed by atoms with Gasteiger partial charge in [0.15, 0.2) is 0 Å². The van der Waals surface area contributed by atoms with E-state index >= 15 is 0 Å². The molecule has 36 heavy (non-hydrogen) atoms. The SMILES string of the molecule is Nc1nc(-c2cc3cccc(-c4cc(Cl)ccc4Cl)c3[nH]2)cn2c(C3CCC(C(=O)O)CC3)ncc12. The van der Waals surface area contributed by atoms with E-state index in [1.54, 1.807) is 18.3 Å². The summed E-state index contributed by atoms with van der Waals surface area (Å²) >= 11 is 12.8. The van der Waals surface area contributed by atoms with E-state index in [0.29, 0.717) is 34.4 Å². The fraction of sp³-hybridized carbons (Fsp3) is 0.222. The zero-order valence-electron chi connectivity index (χ0n) is 19.2. The minimum Gasteiger partial charge on any atom is -0.481 e. The molecule has 5 aromatic rings. The van der Waals surface area contributed by atoms with Crippen molar-refractivity contribution in [1.29, 1.82) is 0 Å². The van der Waals surface area contributed by atoms with Gasteiger partial charge < -0.3 is 15.8 Å². The number of fused-ring (bicyclic) bond motifs is 2. The van der Waals surface area contributed by atoms with Crippen molar-refractivity contribution in [3.63, 3.8) is 0 Å². The van der Waals surface area contributed by atoms with Crippen molar-refractivity contribution in [3.05, 3.63) is 70.7 Å². The van der Waals surface area contributed by atoms with E-state index in [2.05, 4.69) is 15.0 Å². The highest BCUT2D eigenvalue weighted by atomic mass is 35.5. The smallest absolute Gasteiger partial charge is 0.306 e. The summed E-state index contributed by atoms with van der Waals surface area (Å²) in [7, 11) is 0. The number of carboxylic acids is 1. The highest BCUT2D eigenvalue weighted by Crippen LogP contribution is 2.38. The Morgan fingerprint density at radius 2 is 1.89 bits per heavy atom. The molecule has 1 saturated carbocycles. The lowest BCUT2D eigenvalue weighted by Gasteiger charge is -2.25. The number of H-pyrrole nitrogens is 1. The molecular formula is C27H23Cl2N5O2. The molecule has 7 nitrogen and oxygen atoms in total. The minimum absolute atomic E-state index is 0.178. The molecule has 1 fully saturated rings. The summed E-state index contributed by atoms with van der Waals surface area (Å²) < 4.78 is 2.00. The maximum Gasteiger partial charge on any atom is 0.306 e. The normalized spacial score (nSPS) is 18.2. The van der Waals surface area contributed by atoms with Crippen molar-refractivity contribution in [2.45, 2.75) is 31.6 Å². The number of carbonyl (C=O) groups is 1. The van der Waals surface area contributed by atoms with Crippen molar-refractivity contribution in [2.75, 3.05) is 5.73 Å². The summed E-state index contributed by atoms with van der Waals surface area (Å²) in [6, 6.07) is 13.5. The average molecular weight is 520 g/mol. The Morgan fingerprint density at radius 3 is 2.67 bits per heavy atom. The molecular weight excluding hydrogens is 497 g/mol. The Kier molecular flexibility index (Phi) is 5.62. The number of rotatable bonds is 4. The number of nitrogen functional groups attached to an aromatic ring is 1. The van der Waals surface area contributed by atoms with Gasteiger partial charge >= 0.3 is 5.97 Å². The number of hydrogen-bond donors (Lipinski definition) is 3. The van der Waals surface area contributed by atoms with Gasteiger partial charge in [0.1, 0.15) is 22.9 Å². The van der Waals surface area contributed by atoms with Crippen molar-refractivity contribution in [1.82, 2.24) is 19.4 Å². The zero-order valence-corrected chi connectivity index (χ0v) is 20.7. The van der Waals surface area contributed by atoms with Crippen molar-refractivity contribution >= 4 is 51.4 Å². The van der Waals surface area contributed by atoms with Crippen molar-refractivity contribution < 1.29 is 9.90 Å². The Balaban J connectivity index is 1.42. The Morgan fingerprint density at radius 1 is 1.08 bits per heavy atom. The monoisotopic (exact) mass is 519 g/mol. The lowest BCUT2D eigenvalue weighted by Crippen LogP contribution is -2.21. The Hall–Kier alpha value is -3.55. The molecule has 0 aliphatic heterocycles. The van der Waals surface area contributed by atoms with Crippen LogP contribution in [0.3, 0.4) is 0 Å². The molecule has 0 amide bonds. The first-order valence-electron chi connectivity index (χ1n) is 11.8. The van der Waals surface area contributed by atoms with Crippen LogP contribution < -0.4 is 5.73 Å². The lowest BCUT2D eigenvalue weighted by atomic mass is 9.81. The van der Waals surface area contributed by atoms with E-state index in [1.165, 1.54) is 0 Å². The van der Waals surface area contributed by atoms with E-state index in [-0.39, 0.29) is 11.8 Å². The first-order valence-corrected chi connectivity index (χ1v) is 12.6. The van der Waals surface area contributed by atoms with Crippen LogP contribution in [0, 0.1) is 5.92 Å². The van der Waals surface area contributed by atoms with E-state index in [1.807, 2.05) is 40.9 Å². The lowest BCUT2D eigenvalue weighted by molar-refractivity contribution is -0.142. The van der Waals surface area contributed by atoms with Gasteiger partial charge in [0.25, 0.3) is 0 Å². The third kappa shape index (κ3) is 3.88. The quantitative estimate of drug-likeness (QED) is 0.242. The first-order chi connectivity index (χ1) is 17.4. The fourth-order valence-electron chi connectivity index (χ4n) is 5.29. The van der Waals surface area contributed by atoms with Crippen LogP contribution >= 0.6 is 23.2 Å². The number of halogens is 2. The number of carboxylic acid groups (broad SMARTS) is 1. The molecule has 182 valence electrons. The number of hydrogen-bond acceptors (Lipinski definition) is 4. The zero-order chi connectivity index (χ0) is 25.0. The topological polar surface area (TPSA) is 109 Å². The summed E-state index contributed by atoms with van der Waals surface area (Å²) in [5.41, 5.74) is 11.3. The van der Waals surface area contributed by atoms with Crippen LogP contribution in [0.15, 0.2) is 54.9 Å². The maximum atomic E-state index is 11.4. The standard InChI is InChI=1S/C27H23Cl2N5O2/c28-17-8-9-20(29)19(11-17)18-3-1-2-16-10-21(32-24(16)18)22-13-34-23(25(30)33-22)12-31-26(34)14-4-6-15(7-5-14)27(35)36/h1-3,8-15,32H,4-7H2,(H2,30,33)(H,35,36). The summed E-state index contributed by atoms with van der Waals surface area (Å²) in [6.07, 6.45) is 6.56. The second-order valence-corrected chi connectivity index (χ2v) is 10.2. The van der Waals surface area contributed by atoms with Crippen LogP contribution in [0.1, 0.15) is 37.4 Å². The summed E-state index contributed by atoms with van der Waals surface area (Å²) in [5, 5.41) is 11.6. The molecule has 1 aliphatic carbocycles. The second kappa shape index (κ2) is 8.84. The molecule has 3 heterocycles. The molecule has 0 unspecified atom stereocenters. The van der Waals surface area contributed by atoms with E-state index in [4.69, 9.17) is 28.9 Å². The molecule has 0 bridgehead atoms. The van der Waals surface area contributed by atoms with Gasteiger partial charge in [0, 0.05) is 38.7 Å². The fourth-order valence-corrected chi connectivity index (χ4v) is 5.68. The molecule has 0 atom stereocenters.